The monoisotopic (exact) mass is 224 g/mol. The van der Waals surface area contributed by atoms with Crippen LogP contribution in [0.3, 0.4) is 0 Å². The third kappa shape index (κ3) is 1.36. The molecule has 1 aromatic heterocycles. The average Bonchev–Trinajstić information content (AvgIpc) is 2.67. The molecule has 15 heavy (non-hydrogen) atoms. The molecule has 0 bridgehead atoms. The molecule has 2 nitrogen and oxygen atoms in total. The highest BCUT2D eigenvalue weighted by molar-refractivity contribution is 7.09. The minimum atomic E-state index is 0.124. The van der Waals surface area contributed by atoms with E-state index in [-0.39, 0.29) is 11.5 Å². The minimum absolute atomic E-state index is 0.124. The Morgan fingerprint density at radius 2 is 2.00 bits per heavy atom. The Morgan fingerprint density at radius 1 is 1.40 bits per heavy atom. The van der Waals surface area contributed by atoms with Gasteiger partial charge in [-0.25, -0.2) is 4.98 Å². The Bertz CT molecular complexity index is 346. The molecule has 0 unspecified atom stereocenters. The van der Waals surface area contributed by atoms with Crippen molar-refractivity contribution in [1.82, 2.24) is 4.98 Å². The highest BCUT2D eigenvalue weighted by atomic mass is 32.1. The number of hydrogen-bond acceptors (Lipinski definition) is 3. The Kier molecular flexibility index (Phi) is 2.63. The van der Waals surface area contributed by atoms with E-state index in [4.69, 9.17) is 5.73 Å². The molecule has 2 rings (SSSR count). The lowest BCUT2D eigenvalue weighted by Gasteiger charge is -2.41. The van der Waals surface area contributed by atoms with Gasteiger partial charge in [0, 0.05) is 10.3 Å². The van der Waals surface area contributed by atoms with Crippen LogP contribution < -0.4 is 5.73 Å². The fourth-order valence-corrected chi connectivity index (χ4v) is 4.03. The van der Waals surface area contributed by atoms with Gasteiger partial charge in [-0.05, 0) is 18.3 Å². The van der Waals surface area contributed by atoms with Crippen molar-refractivity contribution in [2.75, 3.05) is 0 Å². The SMILES string of the molecule is CC(C)C1(C(C)C)Cc2scnc2[C@H]1N. The largest absolute Gasteiger partial charge is 0.322 e. The fraction of sp³-hybridized carbons (Fsp3) is 0.750. The van der Waals surface area contributed by atoms with Gasteiger partial charge >= 0.3 is 0 Å². The van der Waals surface area contributed by atoms with E-state index in [2.05, 4.69) is 32.7 Å². The summed E-state index contributed by atoms with van der Waals surface area (Å²) in [4.78, 5) is 5.84. The van der Waals surface area contributed by atoms with Crippen molar-refractivity contribution in [3.63, 3.8) is 0 Å². The van der Waals surface area contributed by atoms with Crippen LogP contribution in [0.2, 0.25) is 0 Å². The predicted molar refractivity (Wildman–Crippen MR) is 64.9 cm³/mol. The van der Waals surface area contributed by atoms with Crippen molar-refractivity contribution in [3.05, 3.63) is 16.1 Å². The van der Waals surface area contributed by atoms with Crippen LogP contribution in [0.4, 0.5) is 0 Å². The number of rotatable bonds is 2. The summed E-state index contributed by atoms with van der Waals surface area (Å²) in [5, 5.41) is 0. The van der Waals surface area contributed by atoms with Gasteiger partial charge in [0.1, 0.15) is 0 Å². The van der Waals surface area contributed by atoms with Crippen molar-refractivity contribution in [2.45, 2.75) is 40.2 Å². The lowest BCUT2D eigenvalue weighted by Crippen LogP contribution is -2.41. The molecular weight excluding hydrogens is 204 g/mol. The summed E-state index contributed by atoms with van der Waals surface area (Å²) in [5.41, 5.74) is 9.71. The van der Waals surface area contributed by atoms with E-state index in [0.29, 0.717) is 11.8 Å². The fourth-order valence-electron chi connectivity index (χ4n) is 3.10. The molecule has 1 aliphatic carbocycles. The summed E-state index contributed by atoms with van der Waals surface area (Å²) in [6.07, 6.45) is 1.11. The normalized spacial score (nSPS) is 23.8. The third-order valence-electron chi connectivity index (χ3n) is 4.16. The number of nitrogens with zero attached hydrogens (tertiary/aromatic N) is 1. The number of thiazole rings is 1. The summed E-state index contributed by atoms with van der Waals surface area (Å²) >= 11 is 1.76. The van der Waals surface area contributed by atoms with Gasteiger partial charge in [0.25, 0.3) is 0 Å². The molecule has 0 radical (unpaired) electrons. The van der Waals surface area contributed by atoms with E-state index < -0.39 is 0 Å². The highest BCUT2D eigenvalue weighted by Gasteiger charge is 2.49. The molecule has 0 aliphatic heterocycles. The van der Waals surface area contributed by atoms with Crippen molar-refractivity contribution in [3.8, 4) is 0 Å². The van der Waals surface area contributed by atoms with E-state index in [1.165, 1.54) is 4.88 Å². The molecule has 0 spiro atoms. The third-order valence-corrected chi connectivity index (χ3v) is 5.01. The summed E-state index contributed by atoms with van der Waals surface area (Å²) in [6, 6.07) is 0.124. The smallest absolute Gasteiger partial charge is 0.0798 e. The van der Waals surface area contributed by atoms with Crippen LogP contribution in [-0.4, -0.2) is 4.98 Å². The molecule has 1 aliphatic rings. The molecule has 0 saturated heterocycles. The van der Waals surface area contributed by atoms with E-state index >= 15 is 0 Å². The molecule has 1 atom stereocenters. The Morgan fingerprint density at radius 3 is 2.47 bits per heavy atom. The maximum atomic E-state index is 6.42. The van der Waals surface area contributed by atoms with Crippen molar-refractivity contribution < 1.29 is 0 Å². The van der Waals surface area contributed by atoms with E-state index in [9.17, 15) is 0 Å². The lowest BCUT2D eigenvalue weighted by molar-refractivity contribution is 0.0888. The first-order valence-corrected chi connectivity index (χ1v) is 6.56. The van der Waals surface area contributed by atoms with Crippen LogP contribution in [0.1, 0.15) is 44.3 Å². The summed E-state index contributed by atoms with van der Waals surface area (Å²) in [6.45, 7) is 9.15. The van der Waals surface area contributed by atoms with Gasteiger partial charge in [-0.3, -0.25) is 0 Å². The zero-order valence-corrected chi connectivity index (χ0v) is 10.8. The first-order valence-electron chi connectivity index (χ1n) is 5.68. The van der Waals surface area contributed by atoms with Gasteiger partial charge in [0.2, 0.25) is 0 Å². The van der Waals surface area contributed by atoms with Crippen LogP contribution in [0.15, 0.2) is 5.51 Å². The molecule has 0 saturated carbocycles. The molecule has 84 valence electrons. The van der Waals surface area contributed by atoms with Crippen molar-refractivity contribution in [2.24, 2.45) is 23.0 Å². The summed E-state index contributed by atoms with van der Waals surface area (Å²) in [5.74, 6) is 1.21. The zero-order valence-electron chi connectivity index (χ0n) is 9.95. The second-order valence-electron chi connectivity index (χ2n) is 5.24. The van der Waals surface area contributed by atoms with Gasteiger partial charge in [-0.1, -0.05) is 27.7 Å². The molecule has 1 aromatic rings. The standard InChI is InChI=1S/C12H20N2S/c1-7(2)12(8(3)4)5-9-10(11(12)13)14-6-15-9/h6-8,11H,5,13H2,1-4H3/t11-/m1/s1. The topological polar surface area (TPSA) is 38.9 Å². The first-order chi connectivity index (χ1) is 7.00. The maximum Gasteiger partial charge on any atom is 0.0798 e. The van der Waals surface area contributed by atoms with Gasteiger partial charge in [-0.15, -0.1) is 11.3 Å². The second kappa shape index (κ2) is 3.56. The first kappa shape index (κ1) is 11.1. The molecule has 0 amide bonds. The van der Waals surface area contributed by atoms with Gasteiger partial charge < -0.3 is 5.73 Å². The lowest BCUT2D eigenvalue weighted by atomic mass is 9.65. The number of fused-ring (bicyclic) bond motifs is 1. The maximum absolute atomic E-state index is 6.42. The van der Waals surface area contributed by atoms with E-state index in [1.54, 1.807) is 11.3 Å². The highest BCUT2D eigenvalue weighted by Crippen LogP contribution is 2.54. The van der Waals surface area contributed by atoms with Crippen LogP contribution >= 0.6 is 11.3 Å². The van der Waals surface area contributed by atoms with Crippen LogP contribution in [0, 0.1) is 17.3 Å². The second-order valence-corrected chi connectivity index (χ2v) is 6.18. The Balaban J connectivity index is 2.44. The number of aromatic nitrogens is 1. The zero-order chi connectivity index (χ0) is 11.2. The molecule has 0 fully saturated rings. The van der Waals surface area contributed by atoms with Gasteiger partial charge in [0.15, 0.2) is 0 Å². The van der Waals surface area contributed by atoms with Crippen LogP contribution in [0.5, 0.6) is 0 Å². The average molecular weight is 224 g/mol. The molecule has 0 aromatic carbocycles. The van der Waals surface area contributed by atoms with Crippen LogP contribution in [-0.2, 0) is 6.42 Å². The van der Waals surface area contributed by atoms with Crippen LogP contribution in [0.25, 0.3) is 0 Å². The molecule has 3 heteroatoms. The van der Waals surface area contributed by atoms with Crippen molar-refractivity contribution in [1.29, 1.82) is 0 Å². The molecular formula is C12H20N2S. The summed E-state index contributed by atoms with van der Waals surface area (Å²) < 4.78 is 0. The number of hydrogen-bond donors (Lipinski definition) is 1. The summed E-state index contributed by atoms with van der Waals surface area (Å²) in [7, 11) is 0. The molecule has 2 N–H and O–H groups in total. The number of nitrogens with two attached hydrogens (primary N) is 1. The molecule has 1 heterocycles. The van der Waals surface area contributed by atoms with Crippen molar-refractivity contribution >= 4 is 11.3 Å². The minimum Gasteiger partial charge on any atom is -0.322 e. The Hall–Kier alpha value is -0.410. The van der Waals surface area contributed by atoms with E-state index in [1.807, 2.05) is 5.51 Å². The van der Waals surface area contributed by atoms with E-state index in [0.717, 1.165) is 12.1 Å². The predicted octanol–water partition coefficient (Wildman–Crippen LogP) is 3.00. The van der Waals surface area contributed by atoms with Gasteiger partial charge in [0.05, 0.1) is 17.2 Å². The van der Waals surface area contributed by atoms with Gasteiger partial charge in [-0.2, -0.15) is 0 Å². The Labute approximate surface area is 95.9 Å². The quantitative estimate of drug-likeness (QED) is 0.838.